The highest BCUT2D eigenvalue weighted by Crippen LogP contribution is 2.38. The van der Waals surface area contributed by atoms with E-state index >= 15 is 0 Å². The Morgan fingerprint density at radius 1 is 0.821 bits per heavy atom. The fraction of sp³-hybridized carbons (Fsp3) is 0.0870. The molecule has 0 spiro atoms. The van der Waals surface area contributed by atoms with E-state index in [1.54, 1.807) is 10.6 Å². The zero-order valence-electron chi connectivity index (χ0n) is 14.8. The lowest BCUT2D eigenvalue weighted by Crippen LogP contribution is -2.27. The Morgan fingerprint density at radius 3 is 2.43 bits per heavy atom. The fourth-order valence-corrected chi connectivity index (χ4v) is 4.08. The number of rotatable bonds is 2. The molecule has 0 amide bonds. The number of hydrogen-bond acceptors (Lipinski definition) is 2. The second kappa shape index (κ2) is 6.69. The quantitative estimate of drug-likeness (QED) is 0.405. The van der Waals surface area contributed by atoms with Crippen molar-refractivity contribution in [1.82, 2.24) is 4.57 Å². The Balaban J connectivity index is 1.86. The molecule has 138 valence electrons. The van der Waals surface area contributed by atoms with Crippen molar-refractivity contribution in [2.75, 3.05) is 6.61 Å². The predicted octanol–water partition coefficient (Wildman–Crippen LogP) is 6.03. The molecule has 5 rings (SSSR count). The monoisotopic (exact) mass is 407 g/mol. The molecule has 0 radical (unpaired) electrons. The van der Waals surface area contributed by atoms with Gasteiger partial charge in [-0.3, -0.25) is 4.79 Å². The van der Waals surface area contributed by atoms with E-state index in [-0.39, 0.29) is 5.56 Å². The van der Waals surface area contributed by atoms with Crippen molar-refractivity contribution in [2.45, 2.75) is 6.54 Å². The van der Waals surface area contributed by atoms with Crippen LogP contribution in [0.1, 0.15) is 0 Å². The third kappa shape index (κ3) is 2.88. The summed E-state index contributed by atoms with van der Waals surface area (Å²) in [4.78, 5) is 12.8. The van der Waals surface area contributed by atoms with Gasteiger partial charge in [0.1, 0.15) is 12.4 Å². The van der Waals surface area contributed by atoms with E-state index in [1.807, 2.05) is 54.6 Å². The standard InChI is InChI=1S/C23H15Cl2NO2/c24-17-6-4-14(5-7-17)16-11-20-19(15-2-1-3-18(25)10-15)13-22(27)26-8-9-28-21(12-16)23(20)26/h1-7,10-13H,8-9H2. The van der Waals surface area contributed by atoms with Gasteiger partial charge in [0.05, 0.1) is 12.1 Å². The van der Waals surface area contributed by atoms with Crippen LogP contribution in [-0.2, 0) is 6.54 Å². The molecule has 28 heavy (non-hydrogen) atoms. The van der Waals surface area contributed by atoms with Crippen molar-refractivity contribution in [1.29, 1.82) is 0 Å². The molecular formula is C23H15Cl2NO2. The van der Waals surface area contributed by atoms with Gasteiger partial charge in [-0.2, -0.15) is 0 Å². The minimum Gasteiger partial charge on any atom is -0.489 e. The largest absolute Gasteiger partial charge is 0.489 e. The zero-order valence-corrected chi connectivity index (χ0v) is 16.3. The minimum absolute atomic E-state index is 0.0359. The van der Waals surface area contributed by atoms with Crippen molar-refractivity contribution < 1.29 is 4.74 Å². The minimum atomic E-state index is -0.0359. The lowest BCUT2D eigenvalue weighted by molar-refractivity contribution is 0.284. The predicted molar refractivity (Wildman–Crippen MR) is 115 cm³/mol. The molecule has 3 aromatic carbocycles. The summed E-state index contributed by atoms with van der Waals surface area (Å²) in [6, 6.07) is 21.0. The molecule has 0 bridgehead atoms. The van der Waals surface area contributed by atoms with Crippen LogP contribution in [0.5, 0.6) is 5.75 Å². The summed E-state index contributed by atoms with van der Waals surface area (Å²) < 4.78 is 7.72. The number of ether oxygens (including phenoxy) is 1. The van der Waals surface area contributed by atoms with Gasteiger partial charge in [0.2, 0.25) is 0 Å². The zero-order chi connectivity index (χ0) is 19.3. The fourth-order valence-electron chi connectivity index (χ4n) is 3.76. The Hall–Kier alpha value is -2.75. The van der Waals surface area contributed by atoms with Crippen LogP contribution in [0.2, 0.25) is 10.0 Å². The molecular weight excluding hydrogens is 393 g/mol. The van der Waals surface area contributed by atoms with E-state index in [1.165, 1.54) is 0 Å². The third-order valence-corrected chi connectivity index (χ3v) is 5.54. The normalized spacial score (nSPS) is 12.8. The Bertz CT molecular complexity index is 1280. The molecule has 0 fully saturated rings. The average molecular weight is 408 g/mol. The first-order valence-electron chi connectivity index (χ1n) is 8.96. The molecule has 0 N–H and O–H groups in total. The Labute approximate surface area is 171 Å². The van der Waals surface area contributed by atoms with Crippen LogP contribution in [0.15, 0.2) is 71.5 Å². The highest BCUT2D eigenvalue weighted by Gasteiger charge is 2.20. The molecule has 0 aliphatic carbocycles. The summed E-state index contributed by atoms with van der Waals surface area (Å²) in [5, 5.41) is 2.28. The van der Waals surface area contributed by atoms with Gasteiger partial charge in [0.15, 0.2) is 0 Å². The molecule has 0 unspecified atom stereocenters. The van der Waals surface area contributed by atoms with Crippen LogP contribution in [0.4, 0.5) is 0 Å². The van der Waals surface area contributed by atoms with E-state index in [0.717, 1.165) is 38.9 Å². The van der Waals surface area contributed by atoms with Crippen molar-refractivity contribution in [3.05, 3.63) is 87.1 Å². The van der Waals surface area contributed by atoms with Gasteiger partial charge < -0.3 is 9.30 Å². The van der Waals surface area contributed by atoms with Gasteiger partial charge in [-0.05, 0) is 58.7 Å². The second-order valence-corrected chi connectivity index (χ2v) is 7.66. The van der Waals surface area contributed by atoms with Gasteiger partial charge in [0.25, 0.3) is 5.56 Å². The third-order valence-electron chi connectivity index (χ3n) is 5.05. The van der Waals surface area contributed by atoms with Gasteiger partial charge in [-0.25, -0.2) is 0 Å². The SMILES string of the molecule is O=c1cc(-c2cccc(Cl)c2)c2cc(-c3ccc(Cl)cc3)cc3c2n1CCO3. The maximum atomic E-state index is 12.8. The second-order valence-electron chi connectivity index (χ2n) is 6.78. The maximum absolute atomic E-state index is 12.8. The molecule has 0 saturated heterocycles. The number of halogens is 2. The van der Waals surface area contributed by atoms with Crippen molar-refractivity contribution in [3.8, 4) is 28.0 Å². The first-order chi connectivity index (χ1) is 13.6. The van der Waals surface area contributed by atoms with Crippen LogP contribution < -0.4 is 10.3 Å². The van der Waals surface area contributed by atoms with Gasteiger partial charge in [-0.1, -0.05) is 47.5 Å². The number of nitrogens with zero attached hydrogens (tertiary/aromatic N) is 1. The van der Waals surface area contributed by atoms with E-state index in [0.29, 0.717) is 23.2 Å². The highest BCUT2D eigenvalue weighted by atomic mass is 35.5. The molecule has 0 saturated carbocycles. The van der Waals surface area contributed by atoms with Crippen molar-refractivity contribution in [3.63, 3.8) is 0 Å². The molecule has 1 aromatic heterocycles. The Kier molecular flexibility index (Phi) is 4.15. The van der Waals surface area contributed by atoms with E-state index in [2.05, 4.69) is 6.07 Å². The summed E-state index contributed by atoms with van der Waals surface area (Å²) in [5.41, 5.74) is 4.58. The maximum Gasteiger partial charge on any atom is 0.251 e. The van der Waals surface area contributed by atoms with E-state index in [9.17, 15) is 4.79 Å². The molecule has 0 atom stereocenters. The molecule has 2 heterocycles. The van der Waals surface area contributed by atoms with Crippen molar-refractivity contribution >= 4 is 34.1 Å². The lowest BCUT2D eigenvalue weighted by atomic mass is 9.96. The average Bonchev–Trinajstić information content (AvgIpc) is 2.71. The van der Waals surface area contributed by atoms with Crippen LogP contribution in [-0.4, -0.2) is 11.2 Å². The molecule has 5 heteroatoms. The highest BCUT2D eigenvalue weighted by molar-refractivity contribution is 6.31. The number of hydrogen-bond donors (Lipinski definition) is 0. The van der Waals surface area contributed by atoms with Gasteiger partial charge in [-0.15, -0.1) is 0 Å². The smallest absolute Gasteiger partial charge is 0.251 e. The van der Waals surface area contributed by atoms with Crippen LogP contribution >= 0.6 is 23.2 Å². The molecule has 4 aromatic rings. The van der Waals surface area contributed by atoms with E-state index in [4.69, 9.17) is 27.9 Å². The summed E-state index contributed by atoms with van der Waals surface area (Å²) >= 11 is 12.3. The number of pyridine rings is 1. The van der Waals surface area contributed by atoms with E-state index < -0.39 is 0 Å². The topological polar surface area (TPSA) is 31.2 Å². The van der Waals surface area contributed by atoms with Crippen molar-refractivity contribution in [2.24, 2.45) is 0 Å². The summed E-state index contributed by atoms with van der Waals surface area (Å²) in [6.45, 7) is 1.01. The van der Waals surface area contributed by atoms with Gasteiger partial charge in [0, 0.05) is 21.5 Å². The molecule has 1 aliphatic rings. The van der Waals surface area contributed by atoms with Gasteiger partial charge >= 0.3 is 0 Å². The van der Waals surface area contributed by atoms with Crippen LogP contribution in [0.3, 0.4) is 0 Å². The first kappa shape index (κ1) is 17.4. The number of aromatic nitrogens is 1. The first-order valence-corrected chi connectivity index (χ1v) is 9.72. The molecule has 1 aliphatic heterocycles. The number of benzene rings is 3. The summed E-state index contributed by atoms with van der Waals surface area (Å²) in [5.74, 6) is 0.717. The Morgan fingerprint density at radius 2 is 1.64 bits per heavy atom. The van der Waals surface area contributed by atoms with Crippen LogP contribution in [0, 0.1) is 0 Å². The van der Waals surface area contributed by atoms with Crippen LogP contribution in [0.25, 0.3) is 33.2 Å². The summed E-state index contributed by atoms with van der Waals surface area (Å²) in [7, 11) is 0. The lowest BCUT2D eigenvalue weighted by Gasteiger charge is -2.23. The summed E-state index contributed by atoms with van der Waals surface area (Å²) in [6.07, 6.45) is 0. The molecule has 3 nitrogen and oxygen atoms in total.